The predicted octanol–water partition coefficient (Wildman–Crippen LogP) is 4.17. The molecule has 0 saturated heterocycles. The summed E-state index contributed by atoms with van der Waals surface area (Å²) in [4.78, 5) is 14.3. The number of alkyl halides is 1. The van der Waals surface area contributed by atoms with Crippen molar-refractivity contribution in [1.82, 2.24) is 4.98 Å². The van der Waals surface area contributed by atoms with Crippen LogP contribution < -0.4 is 4.74 Å². The molecule has 1 aromatic heterocycles. The molecule has 0 saturated carbocycles. The molecule has 98 valence electrons. The van der Waals surface area contributed by atoms with Crippen molar-refractivity contribution in [2.75, 3.05) is 0 Å². The number of hydrogen-bond donors (Lipinski definition) is 0. The number of nitrogens with zero attached hydrogens (tertiary/aromatic N) is 2. The van der Waals surface area contributed by atoms with Gasteiger partial charge in [-0.2, -0.15) is 0 Å². The van der Waals surface area contributed by atoms with Crippen molar-refractivity contribution >= 4 is 28.9 Å². The second kappa shape index (κ2) is 5.86. The van der Waals surface area contributed by atoms with Gasteiger partial charge in [0.05, 0.1) is 16.1 Å². The Morgan fingerprint density at radius 1 is 1.37 bits per heavy atom. The molecule has 2 aromatic rings. The van der Waals surface area contributed by atoms with Gasteiger partial charge in [0.1, 0.15) is 5.75 Å². The first-order valence-corrected chi connectivity index (χ1v) is 6.13. The molecule has 0 amide bonds. The molecule has 0 aliphatic heterocycles. The summed E-state index contributed by atoms with van der Waals surface area (Å²) in [6, 6.07) is 5.97. The van der Waals surface area contributed by atoms with Crippen molar-refractivity contribution in [2.45, 2.75) is 5.88 Å². The zero-order valence-corrected chi connectivity index (χ0v) is 11.1. The van der Waals surface area contributed by atoms with E-state index in [1.807, 2.05) is 0 Å². The third-order valence-corrected chi connectivity index (χ3v) is 2.89. The largest absolute Gasteiger partial charge is 0.447 e. The molecule has 1 heterocycles. The fourth-order valence-corrected chi connectivity index (χ4v) is 1.81. The van der Waals surface area contributed by atoms with Gasteiger partial charge in [0.15, 0.2) is 0 Å². The van der Waals surface area contributed by atoms with E-state index in [0.29, 0.717) is 5.75 Å². The number of nitro groups is 1. The Hall–Kier alpha value is -1.85. The summed E-state index contributed by atoms with van der Waals surface area (Å²) in [5, 5.41) is 11.1. The smallest absolute Gasteiger partial charge is 0.313 e. The zero-order chi connectivity index (χ0) is 13.8. The van der Waals surface area contributed by atoms with Crippen molar-refractivity contribution in [3.05, 3.63) is 57.4 Å². The maximum Gasteiger partial charge on any atom is 0.313 e. The van der Waals surface area contributed by atoms with Crippen molar-refractivity contribution in [3.63, 3.8) is 0 Å². The summed E-state index contributed by atoms with van der Waals surface area (Å²) in [5.74, 6) is 0.603. The first-order valence-electron chi connectivity index (χ1n) is 5.22. The van der Waals surface area contributed by atoms with Gasteiger partial charge < -0.3 is 4.74 Å². The summed E-state index contributed by atoms with van der Waals surface area (Å²) in [5.41, 5.74) is 0.539. The number of nitro benzene ring substituents is 1. The highest BCUT2D eigenvalue weighted by Crippen LogP contribution is 2.37. The number of para-hydroxylation sites is 1. The van der Waals surface area contributed by atoms with Gasteiger partial charge in [0.2, 0.25) is 5.75 Å². The maximum atomic E-state index is 10.9. The van der Waals surface area contributed by atoms with Gasteiger partial charge in [0, 0.05) is 18.1 Å². The van der Waals surface area contributed by atoms with Crippen molar-refractivity contribution in [1.29, 1.82) is 0 Å². The summed E-state index contributed by atoms with van der Waals surface area (Å²) in [7, 11) is 0. The van der Waals surface area contributed by atoms with Crippen molar-refractivity contribution < 1.29 is 9.66 Å². The molecule has 2 rings (SSSR count). The van der Waals surface area contributed by atoms with Gasteiger partial charge in [-0.05, 0) is 17.7 Å². The van der Waals surface area contributed by atoms with Gasteiger partial charge in [0.25, 0.3) is 0 Å². The minimum absolute atomic E-state index is 0.0114. The highest BCUT2D eigenvalue weighted by atomic mass is 35.5. The average Bonchev–Trinajstić information content (AvgIpc) is 2.41. The SMILES string of the molecule is O=[N+]([O-])c1cccc(Cl)c1Oc1cncc(CCl)c1. The van der Waals surface area contributed by atoms with Crippen molar-refractivity contribution in [2.24, 2.45) is 0 Å². The third kappa shape index (κ3) is 3.13. The highest BCUT2D eigenvalue weighted by molar-refractivity contribution is 6.32. The zero-order valence-electron chi connectivity index (χ0n) is 9.55. The van der Waals surface area contributed by atoms with Crippen LogP contribution >= 0.6 is 23.2 Å². The minimum Gasteiger partial charge on any atom is -0.447 e. The van der Waals surface area contributed by atoms with Crippen LogP contribution in [0.2, 0.25) is 5.02 Å². The van der Waals surface area contributed by atoms with E-state index in [2.05, 4.69) is 4.98 Å². The van der Waals surface area contributed by atoms with Gasteiger partial charge in [-0.3, -0.25) is 15.1 Å². The molecule has 0 atom stereocenters. The molecule has 0 N–H and O–H groups in total. The van der Waals surface area contributed by atoms with E-state index in [0.717, 1.165) is 5.56 Å². The van der Waals surface area contributed by atoms with E-state index in [4.69, 9.17) is 27.9 Å². The monoisotopic (exact) mass is 298 g/mol. The van der Waals surface area contributed by atoms with Gasteiger partial charge in [-0.15, -0.1) is 11.6 Å². The second-order valence-corrected chi connectivity index (χ2v) is 4.28. The van der Waals surface area contributed by atoms with Crippen LogP contribution in [0.4, 0.5) is 5.69 Å². The van der Waals surface area contributed by atoms with Crippen LogP contribution in [-0.4, -0.2) is 9.91 Å². The molecule has 0 spiro atoms. The number of halogens is 2. The summed E-state index contributed by atoms with van der Waals surface area (Å²) < 4.78 is 5.45. The Morgan fingerprint density at radius 2 is 2.16 bits per heavy atom. The van der Waals surface area contributed by atoms with Gasteiger partial charge in [-0.25, -0.2) is 0 Å². The van der Waals surface area contributed by atoms with E-state index in [9.17, 15) is 10.1 Å². The molecule has 0 aliphatic rings. The van der Waals surface area contributed by atoms with Crippen LogP contribution in [0.25, 0.3) is 0 Å². The van der Waals surface area contributed by atoms with E-state index >= 15 is 0 Å². The lowest BCUT2D eigenvalue weighted by molar-refractivity contribution is -0.385. The molecule has 1 aromatic carbocycles. The van der Waals surface area contributed by atoms with Gasteiger partial charge >= 0.3 is 5.69 Å². The van der Waals surface area contributed by atoms with Crippen LogP contribution in [0.3, 0.4) is 0 Å². The fraction of sp³-hybridized carbons (Fsp3) is 0.0833. The molecule has 0 bridgehead atoms. The summed E-state index contributed by atoms with van der Waals surface area (Å²) in [6.07, 6.45) is 3.02. The molecule has 19 heavy (non-hydrogen) atoms. The summed E-state index contributed by atoms with van der Waals surface area (Å²) >= 11 is 11.6. The predicted molar refractivity (Wildman–Crippen MR) is 72.0 cm³/mol. The number of rotatable bonds is 4. The van der Waals surface area contributed by atoms with Crippen LogP contribution in [0.15, 0.2) is 36.7 Å². The average molecular weight is 299 g/mol. The highest BCUT2D eigenvalue weighted by Gasteiger charge is 2.19. The Labute approximate surface area is 118 Å². The fourth-order valence-electron chi connectivity index (χ4n) is 1.45. The first kappa shape index (κ1) is 13.6. The minimum atomic E-state index is -0.556. The van der Waals surface area contributed by atoms with Crippen LogP contribution in [0.1, 0.15) is 5.56 Å². The van der Waals surface area contributed by atoms with E-state index in [1.54, 1.807) is 12.3 Å². The van der Waals surface area contributed by atoms with E-state index in [-0.39, 0.29) is 22.3 Å². The number of pyridine rings is 1. The standard InChI is InChI=1S/C12H8Cl2N2O3/c13-5-8-4-9(7-15-6-8)19-12-10(14)2-1-3-11(12)16(17)18/h1-4,6-7H,5H2. The first-order chi connectivity index (χ1) is 9.11. The number of ether oxygens (including phenoxy) is 1. The topological polar surface area (TPSA) is 65.3 Å². The molecular formula is C12H8Cl2N2O3. The number of benzene rings is 1. The van der Waals surface area contributed by atoms with Crippen molar-refractivity contribution in [3.8, 4) is 11.5 Å². The van der Waals surface area contributed by atoms with Crippen LogP contribution in [0.5, 0.6) is 11.5 Å². The number of hydrogen-bond acceptors (Lipinski definition) is 4. The van der Waals surface area contributed by atoms with E-state index in [1.165, 1.54) is 24.4 Å². The molecular weight excluding hydrogens is 291 g/mol. The molecule has 0 aliphatic carbocycles. The Kier molecular flexibility index (Phi) is 4.19. The number of aromatic nitrogens is 1. The molecule has 0 fully saturated rings. The molecule has 5 nitrogen and oxygen atoms in total. The Balaban J connectivity index is 2.40. The quantitative estimate of drug-likeness (QED) is 0.482. The lowest BCUT2D eigenvalue weighted by atomic mass is 10.3. The van der Waals surface area contributed by atoms with Crippen LogP contribution in [-0.2, 0) is 5.88 Å². The maximum absolute atomic E-state index is 10.9. The van der Waals surface area contributed by atoms with E-state index < -0.39 is 4.92 Å². The lowest BCUT2D eigenvalue weighted by Gasteiger charge is -2.08. The molecule has 7 heteroatoms. The molecule has 0 unspecified atom stereocenters. The third-order valence-electron chi connectivity index (χ3n) is 2.29. The summed E-state index contributed by atoms with van der Waals surface area (Å²) in [6.45, 7) is 0. The molecule has 0 radical (unpaired) electrons. The lowest BCUT2D eigenvalue weighted by Crippen LogP contribution is -1.95. The Bertz CT molecular complexity index is 620. The normalized spacial score (nSPS) is 10.2. The Morgan fingerprint density at radius 3 is 2.84 bits per heavy atom. The van der Waals surface area contributed by atoms with Crippen LogP contribution in [0, 0.1) is 10.1 Å². The van der Waals surface area contributed by atoms with Gasteiger partial charge in [-0.1, -0.05) is 17.7 Å². The second-order valence-electron chi connectivity index (χ2n) is 3.61.